The summed E-state index contributed by atoms with van der Waals surface area (Å²) in [6, 6.07) is 3.91. The fourth-order valence-electron chi connectivity index (χ4n) is 5.99. The highest BCUT2D eigenvalue weighted by Gasteiger charge is 2.66. The normalized spacial score (nSPS) is 31.4. The van der Waals surface area contributed by atoms with Crippen molar-refractivity contribution in [2.24, 2.45) is 5.92 Å². The number of benzene rings is 1. The minimum Gasteiger partial charge on any atom is -0.493 e. The van der Waals surface area contributed by atoms with Gasteiger partial charge in [-0.1, -0.05) is 12.1 Å². The first-order chi connectivity index (χ1) is 15.0. The second-order valence-electron chi connectivity index (χ2n) is 8.30. The van der Waals surface area contributed by atoms with Gasteiger partial charge in [0.2, 0.25) is 0 Å². The zero-order valence-electron chi connectivity index (χ0n) is 18.0. The van der Waals surface area contributed by atoms with Crippen molar-refractivity contribution in [2.45, 2.75) is 50.4 Å². The van der Waals surface area contributed by atoms with Crippen molar-refractivity contribution in [1.29, 1.82) is 0 Å². The molecule has 8 heteroatoms. The molecule has 0 unspecified atom stereocenters. The molecule has 8 nitrogen and oxygen atoms in total. The molecule has 5 atom stereocenters. The molecule has 1 amide bonds. The summed E-state index contributed by atoms with van der Waals surface area (Å²) < 4.78 is 28.1. The van der Waals surface area contributed by atoms with Gasteiger partial charge < -0.3 is 28.6 Å². The summed E-state index contributed by atoms with van der Waals surface area (Å²) in [4.78, 5) is 26.7. The number of methoxy groups -OCH3 is 1. The zero-order valence-corrected chi connectivity index (χ0v) is 18.0. The van der Waals surface area contributed by atoms with Crippen LogP contribution in [0.1, 0.15) is 31.4 Å². The van der Waals surface area contributed by atoms with Crippen LogP contribution in [0.25, 0.3) is 0 Å². The predicted molar refractivity (Wildman–Crippen MR) is 109 cm³/mol. The topological polar surface area (TPSA) is 83.5 Å². The summed E-state index contributed by atoms with van der Waals surface area (Å²) in [5.74, 6) is 1.42. The molecule has 2 aliphatic heterocycles. The van der Waals surface area contributed by atoms with Crippen LogP contribution in [0.4, 0.5) is 9.59 Å². The van der Waals surface area contributed by atoms with E-state index in [1.165, 1.54) is 0 Å². The van der Waals surface area contributed by atoms with Gasteiger partial charge in [0.1, 0.15) is 6.10 Å². The number of amides is 1. The van der Waals surface area contributed by atoms with Crippen molar-refractivity contribution in [2.75, 3.05) is 26.9 Å². The van der Waals surface area contributed by atoms with Crippen molar-refractivity contribution in [3.63, 3.8) is 0 Å². The molecule has 4 aliphatic rings. The number of ether oxygens (including phenoxy) is 5. The molecule has 5 rings (SSSR count). The molecule has 0 radical (unpaired) electrons. The molecular formula is C23H27NO7. The second-order valence-corrected chi connectivity index (χ2v) is 8.30. The standard InChI is InChI=1S/C23H27NO7/c1-4-28-21(25)24-11-10-23-14-7-9-17(30-22(26)29-5-2)20(23)31-19-16(27-3)8-6-13(18(19)23)12-15(14)24/h6-9,14-15,17,20H,4-5,10-12H2,1-3H3/t14-,15-,17-,20+,23+/m1/s1. The lowest BCUT2D eigenvalue weighted by molar-refractivity contribution is -0.0640. The summed E-state index contributed by atoms with van der Waals surface area (Å²) in [5, 5.41) is 0. The molecule has 1 aromatic rings. The van der Waals surface area contributed by atoms with Crippen molar-refractivity contribution in [3.05, 3.63) is 35.4 Å². The molecule has 0 saturated carbocycles. The number of hydrogen-bond acceptors (Lipinski definition) is 7. The Morgan fingerprint density at radius 3 is 2.74 bits per heavy atom. The minimum atomic E-state index is -0.713. The Morgan fingerprint density at radius 2 is 2.00 bits per heavy atom. The molecule has 1 fully saturated rings. The van der Waals surface area contributed by atoms with Crippen LogP contribution >= 0.6 is 0 Å². The fraction of sp³-hybridized carbons (Fsp3) is 0.565. The van der Waals surface area contributed by atoms with Crippen LogP contribution in [0.2, 0.25) is 0 Å². The predicted octanol–water partition coefficient (Wildman–Crippen LogP) is 3.21. The third kappa shape index (κ3) is 2.73. The van der Waals surface area contributed by atoms with E-state index in [4.69, 9.17) is 23.7 Å². The average Bonchev–Trinajstić information content (AvgIpc) is 3.09. The highest BCUT2D eigenvalue weighted by Crippen LogP contribution is 2.62. The van der Waals surface area contributed by atoms with Crippen molar-refractivity contribution in [3.8, 4) is 11.5 Å². The van der Waals surface area contributed by atoms with Gasteiger partial charge in [-0.3, -0.25) is 0 Å². The summed E-state index contributed by atoms with van der Waals surface area (Å²) in [5.41, 5.74) is 1.86. The summed E-state index contributed by atoms with van der Waals surface area (Å²) in [6.45, 7) is 4.69. The molecule has 31 heavy (non-hydrogen) atoms. The third-order valence-corrected chi connectivity index (χ3v) is 7.05. The van der Waals surface area contributed by atoms with Gasteiger partial charge in [0, 0.05) is 24.1 Å². The van der Waals surface area contributed by atoms with E-state index in [9.17, 15) is 9.59 Å². The molecular weight excluding hydrogens is 402 g/mol. The highest BCUT2D eigenvalue weighted by atomic mass is 16.7. The van der Waals surface area contributed by atoms with Crippen LogP contribution in [0.5, 0.6) is 11.5 Å². The maximum atomic E-state index is 12.7. The van der Waals surface area contributed by atoms with E-state index in [1.54, 1.807) is 14.0 Å². The van der Waals surface area contributed by atoms with Gasteiger partial charge in [-0.25, -0.2) is 9.59 Å². The zero-order chi connectivity index (χ0) is 21.8. The van der Waals surface area contributed by atoms with Gasteiger partial charge >= 0.3 is 12.2 Å². The smallest absolute Gasteiger partial charge is 0.493 e. The maximum Gasteiger partial charge on any atom is 0.508 e. The van der Waals surface area contributed by atoms with Crippen LogP contribution in [0, 0.1) is 5.92 Å². The number of likely N-dealkylation sites (tertiary alicyclic amines) is 1. The van der Waals surface area contributed by atoms with E-state index in [2.05, 4.69) is 12.1 Å². The lowest BCUT2D eigenvalue weighted by Gasteiger charge is -2.56. The first kappa shape index (κ1) is 20.0. The van der Waals surface area contributed by atoms with Gasteiger partial charge in [-0.2, -0.15) is 0 Å². The lowest BCUT2D eigenvalue weighted by Crippen LogP contribution is -2.66. The van der Waals surface area contributed by atoms with E-state index in [1.807, 2.05) is 24.0 Å². The molecule has 1 aromatic carbocycles. The molecule has 2 heterocycles. The van der Waals surface area contributed by atoms with Crippen LogP contribution < -0.4 is 9.47 Å². The molecule has 166 valence electrons. The highest BCUT2D eigenvalue weighted by molar-refractivity contribution is 5.70. The van der Waals surface area contributed by atoms with E-state index in [0.717, 1.165) is 16.9 Å². The molecule has 1 saturated heterocycles. The van der Waals surface area contributed by atoms with E-state index < -0.39 is 23.8 Å². The van der Waals surface area contributed by atoms with Gasteiger partial charge in [0.25, 0.3) is 0 Å². The Labute approximate surface area is 181 Å². The first-order valence-corrected chi connectivity index (χ1v) is 10.9. The van der Waals surface area contributed by atoms with Crippen LogP contribution in [0.3, 0.4) is 0 Å². The van der Waals surface area contributed by atoms with Gasteiger partial charge in [-0.15, -0.1) is 0 Å². The maximum absolute atomic E-state index is 12.7. The van der Waals surface area contributed by atoms with Crippen molar-refractivity contribution >= 4 is 12.2 Å². The Kier molecular flexibility index (Phi) is 4.75. The van der Waals surface area contributed by atoms with Crippen molar-refractivity contribution in [1.82, 2.24) is 4.90 Å². The monoisotopic (exact) mass is 429 g/mol. The average molecular weight is 429 g/mol. The molecule has 0 aromatic heterocycles. The number of hydrogen-bond donors (Lipinski definition) is 0. The third-order valence-electron chi connectivity index (χ3n) is 7.05. The molecule has 0 N–H and O–H groups in total. The number of nitrogens with zero attached hydrogens (tertiary/aromatic N) is 1. The first-order valence-electron chi connectivity index (χ1n) is 10.9. The van der Waals surface area contributed by atoms with E-state index in [0.29, 0.717) is 31.7 Å². The van der Waals surface area contributed by atoms with Crippen LogP contribution in [0.15, 0.2) is 24.3 Å². The number of piperidine rings is 1. The fourth-order valence-corrected chi connectivity index (χ4v) is 5.99. The summed E-state index contributed by atoms with van der Waals surface area (Å²) >= 11 is 0. The number of rotatable bonds is 4. The van der Waals surface area contributed by atoms with Gasteiger partial charge in [-0.05, 0) is 44.4 Å². The minimum absolute atomic E-state index is 0.0264. The van der Waals surface area contributed by atoms with E-state index in [-0.39, 0.29) is 24.7 Å². The SMILES string of the molecule is CCOC(=O)O[C@@H]1C=C[C@@H]2[C@H]3Cc4ccc(OC)c5c4[C@@]2(CCN3C(=O)OCC)[C@H]1O5. The molecule has 1 spiro atoms. The number of carbonyl (C=O) groups is 2. The van der Waals surface area contributed by atoms with Gasteiger partial charge in [0.15, 0.2) is 17.6 Å². The Hall–Kier alpha value is -2.90. The van der Waals surface area contributed by atoms with Gasteiger partial charge in [0.05, 0.1) is 25.7 Å². The molecule has 2 bridgehead atoms. The van der Waals surface area contributed by atoms with Crippen LogP contribution in [-0.4, -0.2) is 62.3 Å². The Balaban J connectivity index is 1.61. The Morgan fingerprint density at radius 1 is 1.19 bits per heavy atom. The second kappa shape index (κ2) is 7.35. The van der Waals surface area contributed by atoms with Crippen LogP contribution in [-0.2, 0) is 26.0 Å². The van der Waals surface area contributed by atoms with Crippen molar-refractivity contribution < 1.29 is 33.3 Å². The summed E-state index contributed by atoms with van der Waals surface area (Å²) in [7, 11) is 1.62. The quantitative estimate of drug-likeness (QED) is 0.537. The lowest BCUT2D eigenvalue weighted by atomic mass is 9.53. The summed E-state index contributed by atoms with van der Waals surface area (Å²) in [6.07, 6.45) is 3.34. The largest absolute Gasteiger partial charge is 0.508 e. The Bertz CT molecular complexity index is 944. The number of carbonyl (C=O) groups excluding carboxylic acids is 2. The molecule has 2 aliphatic carbocycles. The van der Waals surface area contributed by atoms with E-state index >= 15 is 0 Å².